The molecule has 0 spiro atoms. The van der Waals surface area contributed by atoms with E-state index in [9.17, 15) is 0 Å². The molecule has 2 aromatic carbocycles. The lowest BCUT2D eigenvalue weighted by molar-refractivity contribution is 0.0597. The van der Waals surface area contributed by atoms with Crippen molar-refractivity contribution < 1.29 is 8.92 Å². The van der Waals surface area contributed by atoms with E-state index in [2.05, 4.69) is 0 Å². The third-order valence-corrected chi connectivity index (χ3v) is 3.15. The number of benzene rings is 2. The van der Waals surface area contributed by atoms with Gasteiger partial charge in [-0.05, 0) is 12.1 Å². The zero-order valence-corrected chi connectivity index (χ0v) is 9.31. The highest BCUT2D eigenvalue weighted by Crippen LogP contribution is 2.56. The molecule has 1 unspecified atom stereocenters. The van der Waals surface area contributed by atoms with Crippen LogP contribution in [0.15, 0.2) is 60.7 Å². The molecule has 3 rings (SSSR count). The maximum atomic E-state index is 5.84. The van der Waals surface area contributed by atoms with Crippen LogP contribution in [-0.4, -0.2) is 0 Å². The molecule has 3 heteroatoms. The van der Waals surface area contributed by atoms with Crippen LogP contribution in [0.5, 0.6) is 5.75 Å². The maximum absolute atomic E-state index is 5.84. The van der Waals surface area contributed by atoms with Crippen molar-refractivity contribution in [2.24, 2.45) is 0 Å². The Morgan fingerprint density at radius 1 is 0.875 bits per heavy atom. The Morgan fingerprint density at radius 3 is 2.00 bits per heavy atom. The van der Waals surface area contributed by atoms with Crippen molar-refractivity contribution in [2.45, 2.75) is 5.12 Å². The van der Waals surface area contributed by atoms with E-state index in [1.807, 2.05) is 60.7 Å². The predicted octanol–water partition coefficient (Wildman–Crippen LogP) is 3.55. The number of hydrogen-bond acceptors (Lipinski definition) is 3. The Bertz CT molecular complexity index is 466. The lowest BCUT2D eigenvalue weighted by Crippen LogP contribution is -2.14. The summed E-state index contributed by atoms with van der Waals surface area (Å²) in [6, 6.07) is 19.6. The van der Waals surface area contributed by atoms with Gasteiger partial charge in [0.15, 0.2) is 0 Å². The van der Waals surface area contributed by atoms with Gasteiger partial charge in [0.2, 0.25) is 0 Å². The summed E-state index contributed by atoms with van der Waals surface area (Å²) in [5, 5.41) is -0.636. The van der Waals surface area contributed by atoms with Crippen molar-refractivity contribution in [2.75, 3.05) is 0 Å². The monoisotopic (exact) mass is 230 g/mol. The molecular weight excluding hydrogens is 220 g/mol. The largest absolute Gasteiger partial charge is 0.446 e. The van der Waals surface area contributed by atoms with E-state index in [1.54, 1.807) is 0 Å². The van der Waals surface area contributed by atoms with Gasteiger partial charge in [0.05, 0.1) is 12.0 Å². The Morgan fingerprint density at radius 2 is 1.44 bits per heavy atom. The minimum atomic E-state index is -0.636. The molecule has 1 aliphatic heterocycles. The smallest absolute Gasteiger partial charge is 0.324 e. The fourth-order valence-corrected chi connectivity index (χ4v) is 2.08. The highest BCUT2D eigenvalue weighted by atomic mass is 32.2. The van der Waals surface area contributed by atoms with Crippen LogP contribution in [0.3, 0.4) is 0 Å². The summed E-state index contributed by atoms with van der Waals surface area (Å²) in [6.45, 7) is 0. The summed E-state index contributed by atoms with van der Waals surface area (Å²) >= 11 is 1.34. The fourth-order valence-electron chi connectivity index (χ4n) is 1.51. The second kappa shape index (κ2) is 3.85. The van der Waals surface area contributed by atoms with Crippen molar-refractivity contribution in [3.05, 3.63) is 66.2 Å². The van der Waals surface area contributed by atoms with Crippen LogP contribution >= 0.6 is 12.0 Å². The van der Waals surface area contributed by atoms with Gasteiger partial charge >= 0.3 is 5.12 Å². The summed E-state index contributed by atoms with van der Waals surface area (Å²) in [5.41, 5.74) is 1.03. The molecule has 0 aliphatic carbocycles. The van der Waals surface area contributed by atoms with Gasteiger partial charge in [-0.25, -0.2) is 4.18 Å². The van der Waals surface area contributed by atoms with Crippen molar-refractivity contribution in [1.29, 1.82) is 0 Å². The first-order valence-corrected chi connectivity index (χ1v) is 5.80. The molecule has 0 amide bonds. The van der Waals surface area contributed by atoms with Crippen LogP contribution in [0.25, 0.3) is 0 Å². The number of ether oxygens (including phenoxy) is 1. The Balaban J connectivity index is 1.86. The van der Waals surface area contributed by atoms with Gasteiger partial charge in [0.1, 0.15) is 5.75 Å². The van der Waals surface area contributed by atoms with E-state index in [4.69, 9.17) is 8.92 Å². The number of rotatable bonds is 3. The number of para-hydroxylation sites is 1. The second-order valence-electron chi connectivity index (χ2n) is 3.50. The third kappa shape index (κ3) is 1.79. The molecule has 1 atom stereocenters. The van der Waals surface area contributed by atoms with Crippen LogP contribution in [0, 0.1) is 0 Å². The predicted molar refractivity (Wildman–Crippen MR) is 63.9 cm³/mol. The molecule has 0 N–H and O–H groups in total. The summed E-state index contributed by atoms with van der Waals surface area (Å²) in [7, 11) is 0. The first-order chi connectivity index (χ1) is 7.89. The summed E-state index contributed by atoms with van der Waals surface area (Å²) in [4.78, 5) is 0. The fraction of sp³-hybridized carbons (Fsp3) is 0.0769. The zero-order chi connectivity index (χ0) is 10.8. The first kappa shape index (κ1) is 9.75. The average Bonchev–Trinajstić information content (AvgIpc) is 3.13. The molecule has 80 valence electrons. The normalized spacial score (nSPS) is 22.8. The minimum Gasteiger partial charge on any atom is -0.446 e. The SMILES string of the molecule is c1ccc(OC2(c3ccccc3)OS2)cc1. The van der Waals surface area contributed by atoms with Crippen molar-refractivity contribution in [1.82, 2.24) is 0 Å². The molecular formula is C13H10O2S. The first-order valence-electron chi connectivity index (χ1n) is 5.05. The van der Waals surface area contributed by atoms with Crippen LogP contribution in [0.1, 0.15) is 5.56 Å². The highest BCUT2D eigenvalue weighted by molar-refractivity contribution is 8.00. The van der Waals surface area contributed by atoms with Gasteiger partial charge in [-0.3, -0.25) is 0 Å². The maximum Gasteiger partial charge on any atom is 0.324 e. The average molecular weight is 230 g/mol. The topological polar surface area (TPSA) is 21.8 Å². The van der Waals surface area contributed by atoms with Crippen LogP contribution < -0.4 is 4.74 Å². The van der Waals surface area contributed by atoms with E-state index in [1.165, 1.54) is 12.0 Å². The van der Waals surface area contributed by atoms with Gasteiger partial charge in [-0.1, -0.05) is 48.5 Å². The zero-order valence-electron chi connectivity index (χ0n) is 8.50. The van der Waals surface area contributed by atoms with Crippen LogP contribution in [0.4, 0.5) is 0 Å². The second-order valence-corrected chi connectivity index (χ2v) is 4.37. The molecule has 2 aromatic rings. The molecule has 1 aliphatic rings. The van der Waals surface area contributed by atoms with E-state index in [0.29, 0.717) is 0 Å². The molecule has 0 aromatic heterocycles. The van der Waals surface area contributed by atoms with Crippen molar-refractivity contribution in [3.63, 3.8) is 0 Å². The summed E-state index contributed by atoms with van der Waals surface area (Å²) in [5.74, 6) is 0.816. The lowest BCUT2D eigenvalue weighted by atomic mass is 10.2. The summed E-state index contributed by atoms with van der Waals surface area (Å²) < 4.78 is 11.2. The molecule has 16 heavy (non-hydrogen) atoms. The Hall–Kier alpha value is -1.45. The minimum absolute atomic E-state index is 0.636. The van der Waals surface area contributed by atoms with Crippen LogP contribution in [0.2, 0.25) is 0 Å². The van der Waals surface area contributed by atoms with Crippen molar-refractivity contribution >= 4 is 12.0 Å². The van der Waals surface area contributed by atoms with E-state index >= 15 is 0 Å². The molecule has 1 fully saturated rings. The number of hydrogen-bond donors (Lipinski definition) is 0. The van der Waals surface area contributed by atoms with E-state index < -0.39 is 5.12 Å². The third-order valence-electron chi connectivity index (χ3n) is 2.36. The molecule has 0 radical (unpaired) electrons. The molecule has 0 saturated carbocycles. The Labute approximate surface area is 98.4 Å². The highest BCUT2D eigenvalue weighted by Gasteiger charge is 2.53. The van der Waals surface area contributed by atoms with Gasteiger partial charge in [0, 0.05) is 5.56 Å². The van der Waals surface area contributed by atoms with Crippen LogP contribution in [-0.2, 0) is 9.30 Å². The molecule has 2 nitrogen and oxygen atoms in total. The van der Waals surface area contributed by atoms with Gasteiger partial charge in [-0.2, -0.15) is 0 Å². The summed E-state index contributed by atoms with van der Waals surface area (Å²) in [6.07, 6.45) is 0. The van der Waals surface area contributed by atoms with E-state index in [-0.39, 0.29) is 0 Å². The van der Waals surface area contributed by atoms with E-state index in [0.717, 1.165) is 11.3 Å². The molecule has 1 heterocycles. The molecule has 0 bridgehead atoms. The van der Waals surface area contributed by atoms with Crippen molar-refractivity contribution in [3.8, 4) is 5.75 Å². The molecule has 1 saturated heterocycles. The van der Waals surface area contributed by atoms with Gasteiger partial charge in [0.25, 0.3) is 0 Å². The lowest BCUT2D eigenvalue weighted by Gasteiger charge is -2.12. The van der Waals surface area contributed by atoms with Gasteiger partial charge < -0.3 is 4.74 Å². The Kier molecular flexibility index (Phi) is 2.35. The quantitative estimate of drug-likeness (QED) is 0.594. The van der Waals surface area contributed by atoms with Gasteiger partial charge in [-0.15, -0.1) is 0 Å². The standard InChI is InChI=1S/C13H10O2S/c1-3-7-11(8-4-1)13(15-16-13)14-12-9-5-2-6-10-12/h1-10H.